The Labute approximate surface area is 104 Å². The molecule has 0 radical (unpaired) electrons. The summed E-state index contributed by atoms with van der Waals surface area (Å²) in [4.78, 5) is 12.9. The SMILES string of the molecule is Nc1cc(C2CC=CO2)nc(-c2ccccn2)n1. The van der Waals surface area contributed by atoms with Crippen LogP contribution in [0.5, 0.6) is 0 Å². The highest BCUT2D eigenvalue weighted by Gasteiger charge is 2.18. The van der Waals surface area contributed by atoms with Gasteiger partial charge in [0.1, 0.15) is 17.6 Å². The lowest BCUT2D eigenvalue weighted by atomic mass is 10.2. The van der Waals surface area contributed by atoms with Crippen LogP contribution in [0, 0.1) is 0 Å². The summed E-state index contributed by atoms with van der Waals surface area (Å²) in [6.45, 7) is 0. The average Bonchev–Trinajstić information content (AvgIpc) is 2.93. The fourth-order valence-corrected chi connectivity index (χ4v) is 1.84. The highest BCUT2D eigenvalue weighted by atomic mass is 16.5. The maximum Gasteiger partial charge on any atom is 0.180 e. The van der Waals surface area contributed by atoms with Gasteiger partial charge in [-0.15, -0.1) is 0 Å². The number of rotatable bonds is 2. The van der Waals surface area contributed by atoms with Crippen LogP contribution in [-0.2, 0) is 4.74 Å². The molecule has 1 aliphatic rings. The summed E-state index contributed by atoms with van der Waals surface area (Å²) in [5, 5.41) is 0. The monoisotopic (exact) mass is 240 g/mol. The van der Waals surface area contributed by atoms with E-state index in [0.717, 1.165) is 12.1 Å². The summed E-state index contributed by atoms with van der Waals surface area (Å²) < 4.78 is 5.44. The van der Waals surface area contributed by atoms with Crippen molar-refractivity contribution in [1.82, 2.24) is 15.0 Å². The molecule has 3 rings (SSSR count). The standard InChI is InChI=1S/C13H12N4O/c14-12-8-10(11-5-3-7-18-11)16-13(17-12)9-4-1-2-6-15-9/h1-4,6-8,11H,5H2,(H2,14,16,17). The number of aromatic nitrogens is 3. The van der Waals surface area contributed by atoms with Crippen molar-refractivity contribution in [3.05, 3.63) is 48.5 Å². The van der Waals surface area contributed by atoms with Crippen molar-refractivity contribution < 1.29 is 4.74 Å². The van der Waals surface area contributed by atoms with Gasteiger partial charge in [0.2, 0.25) is 0 Å². The molecule has 90 valence electrons. The molecule has 5 nitrogen and oxygen atoms in total. The normalized spacial score (nSPS) is 17.7. The van der Waals surface area contributed by atoms with Gasteiger partial charge in [-0.3, -0.25) is 4.98 Å². The second kappa shape index (κ2) is 4.44. The molecular formula is C13H12N4O. The minimum Gasteiger partial charge on any atom is -0.492 e. The summed E-state index contributed by atoms with van der Waals surface area (Å²) >= 11 is 0. The predicted molar refractivity (Wildman–Crippen MR) is 67.3 cm³/mol. The molecule has 0 aromatic carbocycles. The van der Waals surface area contributed by atoms with Crippen molar-refractivity contribution in [2.24, 2.45) is 0 Å². The average molecular weight is 240 g/mol. The smallest absolute Gasteiger partial charge is 0.180 e. The summed E-state index contributed by atoms with van der Waals surface area (Å²) in [6, 6.07) is 7.33. The van der Waals surface area contributed by atoms with E-state index in [1.54, 1.807) is 18.5 Å². The van der Waals surface area contributed by atoms with Crippen LogP contribution in [0.25, 0.3) is 11.5 Å². The van der Waals surface area contributed by atoms with Gasteiger partial charge in [-0.2, -0.15) is 0 Å². The molecule has 0 bridgehead atoms. The first-order chi connectivity index (χ1) is 8.83. The molecule has 0 aliphatic carbocycles. The number of hydrogen-bond donors (Lipinski definition) is 1. The van der Waals surface area contributed by atoms with Gasteiger partial charge >= 0.3 is 0 Å². The Balaban J connectivity index is 2.01. The summed E-state index contributed by atoms with van der Waals surface area (Å²) in [5.41, 5.74) is 7.30. The molecule has 0 spiro atoms. The van der Waals surface area contributed by atoms with Gasteiger partial charge in [0.15, 0.2) is 5.82 Å². The van der Waals surface area contributed by atoms with E-state index in [1.165, 1.54) is 0 Å². The lowest BCUT2D eigenvalue weighted by Gasteiger charge is -2.11. The van der Waals surface area contributed by atoms with E-state index in [-0.39, 0.29) is 6.10 Å². The van der Waals surface area contributed by atoms with Crippen molar-refractivity contribution >= 4 is 5.82 Å². The van der Waals surface area contributed by atoms with Crippen molar-refractivity contribution in [3.8, 4) is 11.5 Å². The third-order valence-corrected chi connectivity index (χ3v) is 2.68. The highest BCUT2D eigenvalue weighted by molar-refractivity contribution is 5.51. The zero-order valence-electron chi connectivity index (χ0n) is 9.65. The molecule has 0 saturated carbocycles. The van der Waals surface area contributed by atoms with Gasteiger partial charge in [0.25, 0.3) is 0 Å². The molecule has 2 aromatic heterocycles. The Hall–Kier alpha value is -2.43. The minimum atomic E-state index is -0.0715. The van der Waals surface area contributed by atoms with Crippen LogP contribution in [0.2, 0.25) is 0 Å². The molecule has 2 aromatic rings. The molecule has 5 heteroatoms. The Morgan fingerprint density at radius 2 is 2.22 bits per heavy atom. The molecular weight excluding hydrogens is 228 g/mol. The number of nitrogen functional groups attached to an aromatic ring is 1. The molecule has 18 heavy (non-hydrogen) atoms. The second-order valence-corrected chi connectivity index (χ2v) is 3.99. The first-order valence-electron chi connectivity index (χ1n) is 5.69. The number of hydrogen-bond acceptors (Lipinski definition) is 5. The zero-order chi connectivity index (χ0) is 12.4. The minimum absolute atomic E-state index is 0.0715. The molecule has 0 fully saturated rings. The number of pyridine rings is 1. The van der Waals surface area contributed by atoms with E-state index in [2.05, 4.69) is 15.0 Å². The Morgan fingerprint density at radius 3 is 2.94 bits per heavy atom. The molecule has 1 aliphatic heterocycles. The van der Waals surface area contributed by atoms with Crippen LogP contribution in [0.3, 0.4) is 0 Å². The predicted octanol–water partition coefficient (Wildman–Crippen LogP) is 2.10. The third kappa shape index (κ3) is 2.02. The number of nitrogens with zero attached hydrogens (tertiary/aromatic N) is 3. The zero-order valence-corrected chi connectivity index (χ0v) is 9.65. The molecule has 2 N–H and O–H groups in total. The van der Waals surface area contributed by atoms with E-state index in [4.69, 9.17) is 10.5 Å². The van der Waals surface area contributed by atoms with E-state index >= 15 is 0 Å². The van der Waals surface area contributed by atoms with Gasteiger partial charge in [-0.05, 0) is 18.2 Å². The van der Waals surface area contributed by atoms with E-state index in [9.17, 15) is 0 Å². The van der Waals surface area contributed by atoms with Crippen LogP contribution in [0.4, 0.5) is 5.82 Å². The number of nitrogens with two attached hydrogens (primary N) is 1. The summed E-state index contributed by atoms with van der Waals surface area (Å²) in [5.74, 6) is 0.956. The van der Waals surface area contributed by atoms with Crippen LogP contribution in [0.1, 0.15) is 18.2 Å². The third-order valence-electron chi connectivity index (χ3n) is 2.68. The largest absolute Gasteiger partial charge is 0.492 e. The summed E-state index contributed by atoms with van der Waals surface area (Å²) in [6.07, 6.45) is 6.08. The molecule has 0 amide bonds. The second-order valence-electron chi connectivity index (χ2n) is 3.99. The first-order valence-corrected chi connectivity index (χ1v) is 5.69. The molecule has 0 saturated heterocycles. The molecule has 3 heterocycles. The van der Waals surface area contributed by atoms with Crippen LogP contribution in [0.15, 0.2) is 42.8 Å². The van der Waals surface area contributed by atoms with Crippen molar-refractivity contribution in [2.75, 3.05) is 5.73 Å². The van der Waals surface area contributed by atoms with Crippen molar-refractivity contribution in [3.63, 3.8) is 0 Å². The topological polar surface area (TPSA) is 73.9 Å². The highest BCUT2D eigenvalue weighted by Crippen LogP contribution is 2.27. The Kier molecular flexibility index (Phi) is 2.64. The van der Waals surface area contributed by atoms with Gasteiger partial charge in [0, 0.05) is 18.7 Å². The molecule has 1 atom stereocenters. The van der Waals surface area contributed by atoms with Crippen LogP contribution >= 0.6 is 0 Å². The fraction of sp³-hybridized carbons (Fsp3) is 0.154. The maximum atomic E-state index is 5.81. The quantitative estimate of drug-likeness (QED) is 0.870. The van der Waals surface area contributed by atoms with Crippen LogP contribution in [-0.4, -0.2) is 15.0 Å². The van der Waals surface area contributed by atoms with Gasteiger partial charge < -0.3 is 10.5 Å². The van der Waals surface area contributed by atoms with E-state index < -0.39 is 0 Å². The summed E-state index contributed by atoms with van der Waals surface area (Å²) in [7, 11) is 0. The molecule has 1 unspecified atom stereocenters. The van der Waals surface area contributed by atoms with Gasteiger partial charge in [0.05, 0.1) is 12.0 Å². The first kappa shape index (κ1) is 10.7. The lowest BCUT2D eigenvalue weighted by molar-refractivity contribution is 0.169. The Bertz CT molecular complexity index is 575. The van der Waals surface area contributed by atoms with E-state index in [1.807, 2.05) is 24.3 Å². The van der Waals surface area contributed by atoms with Gasteiger partial charge in [-0.1, -0.05) is 6.07 Å². The Morgan fingerprint density at radius 1 is 1.28 bits per heavy atom. The number of anilines is 1. The van der Waals surface area contributed by atoms with Gasteiger partial charge in [-0.25, -0.2) is 9.97 Å². The lowest BCUT2D eigenvalue weighted by Crippen LogP contribution is -2.05. The van der Waals surface area contributed by atoms with Crippen molar-refractivity contribution in [2.45, 2.75) is 12.5 Å². The van der Waals surface area contributed by atoms with Crippen LogP contribution < -0.4 is 5.73 Å². The number of ether oxygens (including phenoxy) is 1. The van der Waals surface area contributed by atoms with Crippen molar-refractivity contribution in [1.29, 1.82) is 0 Å². The van der Waals surface area contributed by atoms with E-state index in [0.29, 0.717) is 17.3 Å². The fourth-order valence-electron chi connectivity index (χ4n) is 1.84. The maximum absolute atomic E-state index is 5.81.